The van der Waals surface area contributed by atoms with Crippen LogP contribution in [0.4, 0.5) is 8.78 Å². The first-order valence-electron chi connectivity index (χ1n) is 6.59. The van der Waals surface area contributed by atoms with Crippen molar-refractivity contribution in [1.82, 2.24) is 5.43 Å². The van der Waals surface area contributed by atoms with E-state index in [2.05, 4.69) is 5.43 Å². The molecule has 0 saturated carbocycles. The van der Waals surface area contributed by atoms with Crippen molar-refractivity contribution in [2.45, 2.75) is 19.4 Å². The summed E-state index contributed by atoms with van der Waals surface area (Å²) >= 11 is 0. The number of rotatable bonds is 5. The first kappa shape index (κ1) is 15.4. The van der Waals surface area contributed by atoms with Crippen LogP contribution in [0.25, 0.3) is 0 Å². The first-order chi connectivity index (χ1) is 10.0. The molecule has 2 aromatic carbocycles. The van der Waals surface area contributed by atoms with E-state index in [0.717, 1.165) is 22.9 Å². The van der Waals surface area contributed by atoms with Gasteiger partial charge in [-0.1, -0.05) is 6.07 Å². The van der Waals surface area contributed by atoms with Crippen LogP contribution < -0.4 is 16.0 Å². The van der Waals surface area contributed by atoms with Gasteiger partial charge >= 0.3 is 0 Å². The zero-order valence-electron chi connectivity index (χ0n) is 12.0. The van der Waals surface area contributed by atoms with Crippen molar-refractivity contribution < 1.29 is 13.5 Å². The summed E-state index contributed by atoms with van der Waals surface area (Å²) < 4.78 is 31.7. The van der Waals surface area contributed by atoms with Crippen LogP contribution in [0, 0.1) is 18.6 Å². The van der Waals surface area contributed by atoms with E-state index in [1.54, 1.807) is 7.11 Å². The van der Waals surface area contributed by atoms with E-state index >= 15 is 0 Å². The van der Waals surface area contributed by atoms with Crippen LogP contribution in [0.3, 0.4) is 0 Å². The largest absolute Gasteiger partial charge is 0.497 e. The molecule has 0 saturated heterocycles. The lowest BCUT2D eigenvalue weighted by Crippen LogP contribution is -2.30. The number of hydrogen-bond acceptors (Lipinski definition) is 3. The molecule has 2 rings (SSSR count). The third kappa shape index (κ3) is 3.77. The van der Waals surface area contributed by atoms with Gasteiger partial charge in [-0.2, -0.15) is 0 Å². The SMILES string of the molecule is COc1ccc(C(Cc2cc(F)cc(F)c2)NN)c(C)c1. The fourth-order valence-corrected chi connectivity index (χ4v) is 2.39. The smallest absolute Gasteiger partial charge is 0.126 e. The molecule has 0 fully saturated rings. The quantitative estimate of drug-likeness (QED) is 0.658. The van der Waals surface area contributed by atoms with Crippen LogP contribution in [0.15, 0.2) is 36.4 Å². The summed E-state index contributed by atoms with van der Waals surface area (Å²) in [4.78, 5) is 0. The monoisotopic (exact) mass is 292 g/mol. The number of hydrogen-bond donors (Lipinski definition) is 2. The Morgan fingerprint density at radius 2 is 1.81 bits per heavy atom. The first-order valence-corrected chi connectivity index (χ1v) is 6.59. The molecule has 0 amide bonds. The molecule has 112 valence electrons. The highest BCUT2D eigenvalue weighted by Gasteiger charge is 2.14. The van der Waals surface area contributed by atoms with Gasteiger partial charge < -0.3 is 4.74 Å². The maximum absolute atomic E-state index is 13.3. The molecule has 3 nitrogen and oxygen atoms in total. The van der Waals surface area contributed by atoms with Crippen LogP contribution in [-0.4, -0.2) is 7.11 Å². The predicted octanol–water partition coefficient (Wildman–Crippen LogP) is 3.03. The minimum Gasteiger partial charge on any atom is -0.497 e. The highest BCUT2D eigenvalue weighted by atomic mass is 19.1. The summed E-state index contributed by atoms with van der Waals surface area (Å²) in [5.41, 5.74) is 5.20. The van der Waals surface area contributed by atoms with E-state index in [4.69, 9.17) is 10.6 Å². The van der Waals surface area contributed by atoms with Gasteiger partial charge in [0.1, 0.15) is 17.4 Å². The fraction of sp³-hybridized carbons (Fsp3) is 0.250. The van der Waals surface area contributed by atoms with E-state index in [1.807, 2.05) is 25.1 Å². The van der Waals surface area contributed by atoms with E-state index in [1.165, 1.54) is 12.1 Å². The molecule has 0 spiro atoms. The summed E-state index contributed by atoms with van der Waals surface area (Å²) in [7, 11) is 1.60. The highest BCUT2D eigenvalue weighted by molar-refractivity contribution is 5.37. The molecule has 5 heteroatoms. The molecular formula is C16H18F2N2O. The number of hydrazine groups is 1. The number of benzene rings is 2. The number of nitrogens with one attached hydrogen (secondary N) is 1. The standard InChI is InChI=1S/C16H18F2N2O/c1-10-5-14(21-2)3-4-15(10)16(20-19)8-11-6-12(17)9-13(18)7-11/h3-7,9,16,20H,8,19H2,1-2H3. The Balaban J connectivity index is 2.27. The number of ether oxygens (including phenoxy) is 1. The van der Waals surface area contributed by atoms with E-state index < -0.39 is 11.6 Å². The van der Waals surface area contributed by atoms with E-state index in [9.17, 15) is 8.78 Å². The Labute approximate surface area is 122 Å². The molecule has 0 aliphatic heterocycles. The third-order valence-corrected chi connectivity index (χ3v) is 3.42. The molecule has 0 aliphatic carbocycles. The van der Waals surface area contributed by atoms with E-state index in [-0.39, 0.29) is 6.04 Å². The maximum Gasteiger partial charge on any atom is 0.126 e. The molecule has 1 atom stereocenters. The van der Waals surface area contributed by atoms with Gasteiger partial charge in [-0.15, -0.1) is 0 Å². The minimum atomic E-state index is -0.591. The van der Waals surface area contributed by atoms with Gasteiger partial charge in [0.15, 0.2) is 0 Å². The molecule has 0 radical (unpaired) electrons. The van der Waals surface area contributed by atoms with Crippen LogP contribution in [0.1, 0.15) is 22.7 Å². The summed E-state index contributed by atoms with van der Waals surface area (Å²) in [5.74, 6) is 5.17. The lowest BCUT2D eigenvalue weighted by molar-refractivity contribution is 0.414. The highest BCUT2D eigenvalue weighted by Crippen LogP contribution is 2.25. The van der Waals surface area contributed by atoms with Crippen molar-refractivity contribution in [2.75, 3.05) is 7.11 Å². The third-order valence-electron chi connectivity index (χ3n) is 3.42. The Hall–Kier alpha value is -1.98. The lowest BCUT2D eigenvalue weighted by Gasteiger charge is -2.19. The molecule has 3 N–H and O–H groups in total. The molecule has 0 aromatic heterocycles. The van der Waals surface area contributed by atoms with Gasteiger partial charge in [0.2, 0.25) is 0 Å². The summed E-state index contributed by atoms with van der Waals surface area (Å²) in [6, 6.07) is 8.86. The topological polar surface area (TPSA) is 47.3 Å². The molecule has 1 unspecified atom stereocenters. The van der Waals surface area contributed by atoms with Crippen LogP contribution in [0.2, 0.25) is 0 Å². The van der Waals surface area contributed by atoms with Crippen molar-refractivity contribution in [2.24, 2.45) is 5.84 Å². The second-order valence-corrected chi connectivity index (χ2v) is 4.92. The zero-order valence-corrected chi connectivity index (χ0v) is 12.0. The Bertz CT molecular complexity index is 611. The molecule has 0 bridgehead atoms. The summed E-state index contributed by atoms with van der Waals surface area (Å²) in [6.45, 7) is 1.94. The molecular weight excluding hydrogens is 274 g/mol. The Morgan fingerprint density at radius 3 is 2.33 bits per heavy atom. The van der Waals surface area contributed by atoms with Gasteiger partial charge in [-0.3, -0.25) is 11.3 Å². The molecule has 0 aliphatic rings. The Kier molecular flexibility index (Phi) is 4.88. The van der Waals surface area contributed by atoms with Crippen molar-refractivity contribution in [3.8, 4) is 5.75 Å². The van der Waals surface area contributed by atoms with Crippen molar-refractivity contribution in [3.05, 3.63) is 64.7 Å². The number of aryl methyl sites for hydroxylation is 1. The average Bonchev–Trinajstić information content (AvgIpc) is 2.44. The van der Waals surface area contributed by atoms with Gasteiger partial charge in [0.05, 0.1) is 13.2 Å². The molecule has 0 heterocycles. The van der Waals surface area contributed by atoms with Gasteiger partial charge in [-0.25, -0.2) is 8.78 Å². The normalized spacial score (nSPS) is 12.2. The van der Waals surface area contributed by atoms with Crippen LogP contribution in [0.5, 0.6) is 5.75 Å². The summed E-state index contributed by atoms with van der Waals surface area (Å²) in [6.07, 6.45) is 0.387. The summed E-state index contributed by atoms with van der Waals surface area (Å²) in [5, 5.41) is 0. The predicted molar refractivity (Wildman–Crippen MR) is 77.9 cm³/mol. The Morgan fingerprint density at radius 1 is 1.14 bits per heavy atom. The second-order valence-electron chi connectivity index (χ2n) is 4.92. The molecule has 21 heavy (non-hydrogen) atoms. The molecule has 2 aromatic rings. The zero-order chi connectivity index (χ0) is 15.4. The lowest BCUT2D eigenvalue weighted by atomic mass is 9.95. The second kappa shape index (κ2) is 6.65. The van der Waals surface area contributed by atoms with Crippen LogP contribution in [-0.2, 0) is 6.42 Å². The van der Waals surface area contributed by atoms with Gasteiger partial charge in [0, 0.05) is 6.07 Å². The number of halogens is 2. The fourth-order valence-electron chi connectivity index (χ4n) is 2.39. The van der Waals surface area contributed by atoms with E-state index in [0.29, 0.717) is 12.0 Å². The van der Waals surface area contributed by atoms with Crippen molar-refractivity contribution in [3.63, 3.8) is 0 Å². The number of nitrogens with two attached hydrogens (primary N) is 1. The maximum atomic E-state index is 13.3. The van der Waals surface area contributed by atoms with Gasteiger partial charge in [-0.05, 0) is 54.3 Å². The average molecular weight is 292 g/mol. The van der Waals surface area contributed by atoms with Crippen molar-refractivity contribution >= 4 is 0 Å². The van der Waals surface area contributed by atoms with Crippen molar-refractivity contribution in [1.29, 1.82) is 0 Å². The van der Waals surface area contributed by atoms with Crippen LogP contribution >= 0.6 is 0 Å². The van der Waals surface area contributed by atoms with Gasteiger partial charge in [0.25, 0.3) is 0 Å². The number of methoxy groups -OCH3 is 1. The minimum absolute atomic E-state index is 0.239.